The van der Waals surface area contributed by atoms with Gasteiger partial charge in [0.05, 0.1) is 0 Å². The van der Waals surface area contributed by atoms with Crippen LogP contribution in [-0.2, 0) is 6.54 Å². The van der Waals surface area contributed by atoms with Crippen molar-refractivity contribution in [2.75, 3.05) is 5.32 Å². The highest BCUT2D eigenvalue weighted by Crippen LogP contribution is 2.21. The molecule has 0 bridgehead atoms. The van der Waals surface area contributed by atoms with Gasteiger partial charge in [-0.1, -0.05) is 24.3 Å². The van der Waals surface area contributed by atoms with Gasteiger partial charge in [0.2, 0.25) is 0 Å². The zero-order valence-corrected chi connectivity index (χ0v) is 13.3. The van der Waals surface area contributed by atoms with Gasteiger partial charge in [-0.3, -0.25) is 0 Å². The molecule has 7 heteroatoms. The molecule has 1 aromatic heterocycles. The number of carboxylic acid groups (broad SMARTS) is 1. The number of nitrogens with one attached hydrogen (secondary N) is 1. The lowest BCUT2D eigenvalue weighted by Crippen LogP contribution is -2.06. The maximum atomic E-state index is 13.9. The van der Waals surface area contributed by atoms with Crippen LogP contribution in [0.2, 0.25) is 0 Å². The molecule has 0 aliphatic heterocycles. The number of rotatable bonds is 5. The van der Waals surface area contributed by atoms with Gasteiger partial charge in [0.15, 0.2) is 11.6 Å². The maximum absolute atomic E-state index is 13.9. The highest BCUT2D eigenvalue weighted by molar-refractivity contribution is 5.93. The van der Waals surface area contributed by atoms with Crippen LogP contribution in [0.4, 0.5) is 14.6 Å². The predicted molar refractivity (Wildman–Crippen MR) is 88.9 cm³/mol. The van der Waals surface area contributed by atoms with Crippen molar-refractivity contribution < 1.29 is 18.7 Å². The third-order valence-electron chi connectivity index (χ3n) is 3.81. The number of aromatic nitrogens is 2. The van der Waals surface area contributed by atoms with Gasteiger partial charge in [-0.15, -0.1) is 5.10 Å². The number of nitrogens with zero attached hydrogens (tertiary/aromatic N) is 2. The molecule has 2 aromatic carbocycles. The average Bonchev–Trinajstić information content (AvgIpc) is 2.98. The van der Waals surface area contributed by atoms with Gasteiger partial charge in [0, 0.05) is 18.8 Å². The van der Waals surface area contributed by atoms with Gasteiger partial charge >= 0.3 is 5.97 Å². The molecule has 3 rings (SSSR count). The van der Waals surface area contributed by atoms with Crippen LogP contribution in [0, 0.1) is 18.6 Å². The summed E-state index contributed by atoms with van der Waals surface area (Å²) in [5.74, 6) is -2.63. The largest absolute Gasteiger partial charge is 0.477 e. The Morgan fingerprint density at radius 3 is 2.68 bits per heavy atom. The molecule has 25 heavy (non-hydrogen) atoms. The second-order valence-electron chi connectivity index (χ2n) is 5.52. The topological polar surface area (TPSA) is 67.2 Å². The molecule has 0 aliphatic rings. The van der Waals surface area contributed by atoms with Gasteiger partial charge in [0.1, 0.15) is 17.1 Å². The van der Waals surface area contributed by atoms with E-state index in [0.29, 0.717) is 6.54 Å². The Bertz CT molecular complexity index is 938. The number of benzene rings is 2. The molecule has 1 heterocycles. The van der Waals surface area contributed by atoms with E-state index >= 15 is 0 Å². The minimum Gasteiger partial charge on any atom is -0.477 e. The molecule has 0 fully saturated rings. The lowest BCUT2D eigenvalue weighted by Gasteiger charge is -2.07. The smallest absolute Gasteiger partial charge is 0.341 e. The standard InChI is InChI=1S/C18H15F2N3O2/c1-11-4-2-3-5-12(11)9-21-17-14(18(24)25)10-23(22-17)16-7-6-13(19)8-15(16)20/h2-8,10H,9H2,1H3,(H,21,22)(H,24,25). The SMILES string of the molecule is Cc1ccccc1CNc1nn(-c2ccc(F)cc2F)cc1C(=O)O. The van der Waals surface area contributed by atoms with E-state index in [9.17, 15) is 18.7 Å². The zero-order chi connectivity index (χ0) is 18.0. The Hall–Kier alpha value is -3.22. The first-order chi connectivity index (χ1) is 12.0. The summed E-state index contributed by atoms with van der Waals surface area (Å²) in [5, 5.41) is 16.4. The van der Waals surface area contributed by atoms with Crippen LogP contribution in [0.5, 0.6) is 0 Å². The fourth-order valence-corrected chi connectivity index (χ4v) is 2.44. The van der Waals surface area contributed by atoms with Crippen LogP contribution in [0.3, 0.4) is 0 Å². The fraction of sp³-hybridized carbons (Fsp3) is 0.111. The van der Waals surface area contributed by atoms with Crippen molar-refractivity contribution in [3.63, 3.8) is 0 Å². The molecule has 0 saturated carbocycles. The molecule has 0 spiro atoms. The van der Waals surface area contributed by atoms with E-state index in [4.69, 9.17) is 0 Å². The van der Waals surface area contributed by atoms with Crippen molar-refractivity contribution in [1.29, 1.82) is 0 Å². The van der Waals surface area contributed by atoms with Crippen molar-refractivity contribution in [1.82, 2.24) is 9.78 Å². The van der Waals surface area contributed by atoms with E-state index in [1.54, 1.807) is 0 Å². The molecule has 0 radical (unpaired) electrons. The van der Waals surface area contributed by atoms with Crippen molar-refractivity contribution in [2.24, 2.45) is 0 Å². The molecular formula is C18H15F2N3O2. The van der Waals surface area contributed by atoms with Crippen molar-refractivity contribution in [3.05, 3.63) is 77.0 Å². The summed E-state index contributed by atoms with van der Waals surface area (Å²) in [6.45, 7) is 2.32. The van der Waals surface area contributed by atoms with Gasteiger partial charge in [0.25, 0.3) is 0 Å². The van der Waals surface area contributed by atoms with E-state index in [1.165, 1.54) is 12.3 Å². The number of hydrogen-bond acceptors (Lipinski definition) is 3. The van der Waals surface area contributed by atoms with E-state index in [2.05, 4.69) is 10.4 Å². The molecular weight excluding hydrogens is 328 g/mol. The lowest BCUT2D eigenvalue weighted by atomic mass is 10.1. The lowest BCUT2D eigenvalue weighted by molar-refractivity contribution is 0.0698. The summed E-state index contributed by atoms with van der Waals surface area (Å²) in [4.78, 5) is 11.4. The molecule has 0 amide bonds. The summed E-state index contributed by atoms with van der Waals surface area (Å²) >= 11 is 0. The quantitative estimate of drug-likeness (QED) is 0.740. The Morgan fingerprint density at radius 2 is 2.00 bits per heavy atom. The van der Waals surface area contributed by atoms with Crippen LogP contribution in [-0.4, -0.2) is 20.9 Å². The summed E-state index contributed by atoms with van der Waals surface area (Å²) in [5.41, 5.74) is 1.90. The number of carboxylic acids is 1. The number of aryl methyl sites for hydroxylation is 1. The molecule has 0 unspecified atom stereocenters. The van der Waals surface area contributed by atoms with Crippen molar-refractivity contribution >= 4 is 11.8 Å². The van der Waals surface area contributed by atoms with Crippen molar-refractivity contribution in [2.45, 2.75) is 13.5 Å². The third-order valence-corrected chi connectivity index (χ3v) is 3.81. The van der Waals surface area contributed by atoms with E-state index < -0.39 is 17.6 Å². The number of aromatic carboxylic acids is 1. The van der Waals surface area contributed by atoms with Crippen LogP contribution < -0.4 is 5.32 Å². The van der Waals surface area contributed by atoms with Gasteiger partial charge in [-0.2, -0.15) is 0 Å². The van der Waals surface area contributed by atoms with Gasteiger partial charge in [-0.25, -0.2) is 18.3 Å². The van der Waals surface area contributed by atoms with Crippen LogP contribution >= 0.6 is 0 Å². The molecule has 0 aliphatic carbocycles. The second-order valence-corrected chi connectivity index (χ2v) is 5.52. The summed E-state index contributed by atoms with van der Waals surface area (Å²) in [6.07, 6.45) is 1.19. The second kappa shape index (κ2) is 6.72. The van der Waals surface area contributed by atoms with Crippen molar-refractivity contribution in [3.8, 4) is 5.69 Å². The molecule has 5 nitrogen and oxygen atoms in total. The van der Waals surface area contributed by atoms with E-state index in [-0.39, 0.29) is 17.1 Å². The predicted octanol–water partition coefficient (Wildman–Crippen LogP) is 3.77. The first-order valence-electron chi connectivity index (χ1n) is 7.52. The highest BCUT2D eigenvalue weighted by Gasteiger charge is 2.18. The van der Waals surface area contributed by atoms with Gasteiger partial charge < -0.3 is 10.4 Å². The Labute approximate surface area is 142 Å². The first kappa shape index (κ1) is 16.6. The summed E-state index contributed by atoms with van der Waals surface area (Å²) < 4.78 is 28.0. The van der Waals surface area contributed by atoms with E-state index in [0.717, 1.165) is 27.9 Å². The highest BCUT2D eigenvalue weighted by atomic mass is 19.1. The fourth-order valence-electron chi connectivity index (χ4n) is 2.44. The minimum absolute atomic E-state index is 0.0344. The number of halogens is 2. The Morgan fingerprint density at radius 1 is 1.24 bits per heavy atom. The Balaban J connectivity index is 1.92. The normalized spacial score (nSPS) is 10.7. The first-order valence-corrected chi connectivity index (χ1v) is 7.52. The van der Waals surface area contributed by atoms with E-state index in [1.807, 2.05) is 31.2 Å². The number of hydrogen-bond donors (Lipinski definition) is 2. The molecule has 128 valence electrons. The Kier molecular flexibility index (Phi) is 4.47. The van der Waals surface area contributed by atoms with Gasteiger partial charge in [-0.05, 0) is 30.2 Å². The summed E-state index contributed by atoms with van der Waals surface area (Å²) in [7, 11) is 0. The maximum Gasteiger partial charge on any atom is 0.341 e. The molecule has 3 aromatic rings. The van der Waals surface area contributed by atoms with Crippen LogP contribution in [0.15, 0.2) is 48.7 Å². The average molecular weight is 343 g/mol. The molecule has 0 atom stereocenters. The number of carbonyl (C=O) groups is 1. The van der Waals surface area contributed by atoms with Crippen LogP contribution in [0.1, 0.15) is 21.5 Å². The molecule has 2 N–H and O–H groups in total. The van der Waals surface area contributed by atoms with Crippen LogP contribution in [0.25, 0.3) is 5.69 Å². The minimum atomic E-state index is -1.19. The number of anilines is 1. The third kappa shape index (κ3) is 3.50. The monoisotopic (exact) mass is 343 g/mol. The summed E-state index contributed by atoms with van der Waals surface area (Å²) in [6, 6.07) is 10.7. The molecule has 0 saturated heterocycles. The zero-order valence-electron chi connectivity index (χ0n) is 13.3.